The van der Waals surface area contributed by atoms with Crippen LogP contribution in [0, 0.1) is 0 Å². The third-order valence-corrected chi connectivity index (χ3v) is 2.98. The van der Waals surface area contributed by atoms with Crippen molar-refractivity contribution in [1.29, 1.82) is 0 Å². The summed E-state index contributed by atoms with van der Waals surface area (Å²) in [7, 11) is -4.51. The molecule has 3 atom stereocenters. The van der Waals surface area contributed by atoms with E-state index in [1.807, 2.05) is 0 Å². The Hall–Kier alpha value is -0.760. The number of phosphoric acid groups is 1. The molecule has 0 heterocycles. The molecule has 0 fully saturated rings. The van der Waals surface area contributed by atoms with Crippen LogP contribution in [-0.2, 0) is 28.1 Å². The molecule has 8 nitrogen and oxygen atoms in total. The average Bonchev–Trinajstić information content (AvgIpc) is 2.37. The lowest BCUT2D eigenvalue weighted by Crippen LogP contribution is -2.27. The fraction of sp³-hybridized carbons (Fsp3) is 0.769. The molecule has 2 N–H and O–H groups in total. The van der Waals surface area contributed by atoms with Crippen molar-refractivity contribution in [2.45, 2.75) is 46.0 Å². The van der Waals surface area contributed by atoms with E-state index in [0.29, 0.717) is 5.57 Å². The van der Waals surface area contributed by atoms with Crippen molar-refractivity contribution in [2.75, 3.05) is 19.8 Å². The molecular formula is C13H25O8P. The second-order valence-corrected chi connectivity index (χ2v) is 6.27. The SMILES string of the molecule is C=C(C)C(=O)OCC(C)OCC(C)OCC(C)OP(=O)(O)O. The Morgan fingerprint density at radius 2 is 1.50 bits per heavy atom. The van der Waals surface area contributed by atoms with Gasteiger partial charge in [0, 0.05) is 5.57 Å². The fourth-order valence-electron chi connectivity index (χ4n) is 1.28. The number of rotatable bonds is 11. The van der Waals surface area contributed by atoms with Crippen molar-refractivity contribution in [3.63, 3.8) is 0 Å². The van der Waals surface area contributed by atoms with Gasteiger partial charge in [-0.1, -0.05) is 6.58 Å². The molecule has 0 aliphatic rings. The number of hydrogen-bond donors (Lipinski definition) is 2. The van der Waals surface area contributed by atoms with E-state index < -0.39 is 19.9 Å². The maximum atomic E-state index is 11.2. The van der Waals surface area contributed by atoms with Crippen LogP contribution in [0.5, 0.6) is 0 Å². The van der Waals surface area contributed by atoms with Gasteiger partial charge in [0.1, 0.15) is 6.61 Å². The first-order valence-corrected chi connectivity index (χ1v) is 8.34. The molecule has 0 spiro atoms. The topological polar surface area (TPSA) is 112 Å². The lowest BCUT2D eigenvalue weighted by Gasteiger charge is -2.20. The molecular weight excluding hydrogens is 315 g/mol. The zero-order chi connectivity index (χ0) is 17.3. The minimum atomic E-state index is -4.51. The molecule has 0 amide bonds. The van der Waals surface area contributed by atoms with Crippen LogP contribution in [0.25, 0.3) is 0 Å². The zero-order valence-corrected chi connectivity index (χ0v) is 14.2. The lowest BCUT2D eigenvalue weighted by atomic mass is 10.3. The van der Waals surface area contributed by atoms with Gasteiger partial charge < -0.3 is 24.0 Å². The third kappa shape index (κ3) is 11.9. The van der Waals surface area contributed by atoms with Gasteiger partial charge in [0.2, 0.25) is 0 Å². The third-order valence-electron chi connectivity index (χ3n) is 2.35. The molecule has 3 unspecified atom stereocenters. The predicted molar refractivity (Wildman–Crippen MR) is 79.2 cm³/mol. The van der Waals surface area contributed by atoms with Crippen LogP contribution in [0.4, 0.5) is 0 Å². The van der Waals surface area contributed by atoms with Gasteiger partial charge in [-0.3, -0.25) is 4.52 Å². The highest BCUT2D eigenvalue weighted by molar-refractivity contribution is 7.46. The second kappa shape index (κ2) is 10.1. The molecule has 0 saturated heterocycles. The molecule has 22 heavy (non-hydrogen) atoms. The van der Waals surface area contributed by atoms with Gasteiger partial charge in [0.05, 0.1) is 31.5 Å². The summed E-state index contributed by atoms with van der Waals surface area (Å²) < 4.78 is 30.8. The summed E-state index contributed by atoms with van der Waals surface area (Å²) in [6.45, 7) is 10.4. The summed E-state index contributed by atoms with van der Waals surface area (Å²) in [5, 5.41) is 0. The summed E-state index contributed by atoms with van der Waals surface area (Å²) >= 11 is 0. The minimum Gasteiger partial charge on any atom is -0.460 e. The smallest absolute Gasteiger partial charge is 0.460 e. The molecule has 0 aromatic heterocycles. The first-order valence-electron chi connectivity index (χ1n) is 6.81. The Balaban J connectivity index is 3.84. The quantitative estimate of drug-likeness (QED) is 0.330. The van der Waals surface area contributed by atoms with Crippen LogP contribution in [0.15, 0.2) is 12.2 Å². The highest BCUT2D eigenvalue weighted by Gasteiger charge is 2.19. The van der Waals surface area contributed by atoms with Gasteiger partial charge in [-0.25, -0.2) is 9.36 Å². The normalized spacial score (nSPS) is 15.9. The van der Waals surface area contributed by atoms with Crippen LogP contribution in [0.2, 0.25) is 0 Å². The Bertz CT molecular complexity index is 405. The van der Waals surface area contributed by atoms with Crippen molar-refractivity contribution in [1.82, 2.24) is 0 Å². The van der Waals surface area contributed by atoms with E-state index in [9.17, 15) is 9.36 Å². The lowest BCUT2D eigenvalue weighted by molar-refractivity contribution is -0.143. The first-order chi connectivity index (χ1) is 10.0. The van der Waals surface area contributed by atoms with Crippen molar-refractivity contribution < 1.29 is 37.9 Å². The summed E-state index contributed by atoms with van der Waals surface area (Å²) in [6.07, 6.45) is -1.35. The van der Waals surface area contributed by atoms with Crippen LogP contribution >= 0.6 is 7.82 Å². The largest absolute Gasteiger partial charge is 0.469 e. The Morgan fingerprint density at radius 3 is 1.95 bits per heavy atom. The van der Waals surface area contributed by atoms with E-state index in [4.69, 9.17) is 24.0 Å². The van der Waals surface area contributed by atoms with Gasteiger partial charge in [-0.2, -0.15) is 0 Å². The van der Waals surface area contributed by atoms with Gasteiger partial charge in [-0.05, 0) is 27.7 Å². The van der Waals surface area contributed by atoms with Gasteiger partial charge in [-0.15, -0.1) is 0 Å². The number of phosphoric ester groups is 1. The van der Waals surface area contributed by atoms with E-state index in [0.717, 1.165) is 0 Å². The molecule has 0 radical (unpaired) electrons. The van der Waals surface area contributed by atoms with Crippen molar-refractivity contribution >= 4 is 13.8 Å². The molecule has 0 aromatic rings. The van der Waals surface area contributed by atoms with Crippen LogP contribution in [0.1, 0.15) is 27.7 Å². The highest BCUT2D eigenvalue weighted by Crippen LogP contribution is 2.37. The summed E-state index contributed by atoms with van der Waals surface area (Å²) in [5.41, 5.74) is 0.322. The standard InChI is InChI=1S/C13H25O8P/c1-9(2)13(14)20-7-11(4)18-6-10(3)19-8-12(5)21-22(15,16)17/h10-12H,1,6-8H2,2-5H3,(H2,15,16,17). The van der Waals surface area contributed by atoms with E-state index in [1.165, 1.54) is 6.92 Å². The molecule has 9 heteroatoms. The average molecular weight is 340 g/mol. The van der Waals surface area contributed by atoms with Gasteiger partial charge in [0.15, 0.2) is 0 Å². The predicted octanol–water partition coefficient (Wildman–Crippen LogP) is 1.41. The Morgan fingerprint density at radius 1 is 1.05 bits per heavy atom. The number of carbonyl (C=O) groups is 1. The summed E-state index contributed by atoms with van der Waals surface area (Å²) in [5.74, 6) is -0.469. The van der Waals surface area contributed by atoms with Gasteiger partial charge >= 0.3 is 13.8 Å². The van der Waals surface area contributed by atoms with Crippen LogP contribution in [-0.4, -0.2) is 53.9 Å². The molecule has 0 rings (SSSR count). The maximum absolute atomic E-state index is 11.2. The monoisotopic (exact) mass is 340 g/mol. The van der Waals surface area contributed by atoms with Crippen molar-refractivity contribution in [3.8, 4) is 0 Å². The minimum absolute atomic E-state index is 0.0225. The second-order valence-electron chi connectivity index (χ2n) is 5.07. The van der Waals surface area contributed by atoms with Gasteiger partial charge in [0.25, 0.3) is 0 Å². The van der Waals surface area contributed by atoms with E-state index in [1.54, 1.807) is 20.8 Å². The van der Waals surface area contributed by atoms with Crippen molar-refractivity contribution in [2.24, 2.45) is 0 Å². The van der Waals surface area contributed by atoms with E-state index in [2.05, 4.69) is 11.1 Å². The first kappa shape index (κ1) is 21.2. The molecule has 0 bridgehead atoms. The highest BCUT2D eigenvalue weighted by atomic mass is 31.2. The number of hydrogen-bond acceptors (Lipinski definition) is 6. The molecule has 0 saturated carbocycles. The Kier molecular flexibility index (Phi) is 9.75. The summed E-state index contributed by atoms with van der Waals surface area (Å²) in [6, 6.07) is 0. The van der Waals surface area contributed by atoms with Crippen molar-refractivity contribution in [3.05, 3.63) is 12.2 Å². The molecule has 0 aromatic carbocycles. The number of ether oxygens (including phenoxy) is 3. The molecule has 0 aliphatic carbocycles. The molecule has 130 valence electrons. The summed E-state index contributed by atoms with van der Waals surface area (Å²) in [4.78, 5) is 28.5. The van der Waals surface area contributed by atoms with E-state index >= 15 is 0 Å². The fourth-order valence-corrected chi connectivity index (χ4v) is 1.81. The number of esters is 1. The number of carbonyl (C=O) groups excluding carboxylic acids is 1. The van der Waals surface area contributed by atoms with Crippen LogP contribution < -0.4 is 0 Å². The zero-order valence-electron chi connectivity index (χ0n) is 13.4. The maximum Gasteiger partial charge on any atom is 0.469 e. The van der Waals surface area contributed by atoms with Crippen LogP contribution in [0.3, 0.4) is 0 Å². The van der Waals surface area contributed by atoms with E-state index in [-0.39, 0.29) is 32.0 Å². The molecule has 0 aliphatic heterocycles. The Labute approximate surface area is 130 Å².